The molecule has 1 aromatic rings. The largest absolute Gasteiger partial charge is 0.481 e. The van der Waals surface area contributed by atoms with Crippen molar-refractivity contribution in [1.29, 1.82) is 5.26 Å². The van der Waals surface area contributed by atoms with Crippen molar-refractivity contribution in [3.05, 3.63) is 23.9 Å². The van der Waals surface area contributed by atoms with Crippen LogP contribution >= 0.6 is 0 Å². The third-order valence-electron chi connectivity index (χ3n) is 1.95. The molecule has 0 amide bonds. The zero-order chi connectivity index (χ0) is 12.0. The van der Waals surface area contributed by atoms with E-state index in [-0.39, 0.29) is 6.61 Å². The number of pyridine rings is 1. The maximum absolute atomic E-state index is 11.5. The summed E-state index contributed by atoms with van der Waals surface area (Å²) in [6.45, 7) is 1.94. The van der Waals surface area contributed by atoms with E-state index in [0.717, 1.165) is 0 Å². The first-order chi connectivity index (χ1) is 7.72. The van der Waals surface area contributed by atoms with Crippen molar-refractivity contribution in [1.82, 2.24) is 4.98 Å². The number of aromatic nitrogens is 1. The number of nitriles is 1. The van der Waals surface area contributed by atoms with Crippen molar-refractivity contribution in [2.24, 2.45) is 0 Å². The molecule has 0 saturated heterocycles. The molecule has 0 N–H and O–H groups in total. The normalized spacial score (nSPS) is 11.3. The van der Waals surface area contributed by atoms with E-state index in [2.05, 4.69) is 4.98 Å². The second-order valence-electron chi connectivity index (χ2n) is 2.95. The molecular formula is C11H12N2O3. The Hall–Kier alpha value is -2.09. The van der Waals surface area contributed by atoms with E-state index >= 15 is 0 Å². The van der Waals surface area contributed by atoms with Gasteiger partial charge >= 0.3 is 5.97 Å². The zero-order valence-electron chi connectivity index (χ0n) is 9.14. The summed E-state index contributed by atoms with van der Waals surface area (Å²) in [6, 6.07) is 5.03. The summed E-state index contributed by atoms with van der Waals surface area (Å²) >= 11 is 0. The van der Waals surface area contributed by atoms with E-state index in [1.54, 1.807) is 19.1 Å². The number of esters is 1. The highest BCUT2D eigenvalue weighted by Gasteiger charge is 2.21. The first-order valence-corrected chi connectivity index (χ1v) is 4.79. The lowest BCUT2D eigenvalue weighted by Gasteiger charge is -2.09. The Kier molecular flexibility index (Phi) is 4.28. The van der Waals surface area contributed by atoms with Gasteiger partial charge in [0, 0.05) is 12.3 Å². The Balaban J connectivity index is 2.95. The van der Waals surface area contributed by atoms with Crippen LogP contribution in [-0.4, -0.2) is 24.7 Å². The topological polar surface area (TPSA) is 72.2 Å². The van der Waals surface area contributed by atoms with Gasteiger partial charge in [-0.25, -0.2) is 4.98 Å². The molecule has 0 bridgehead atoms. The number of rotatable bonds is 4. The second-order valence-corrected chi connectivity index (χ2v) is 2.95. The Labute approximate surface area is 93.6 Å². The van der Waals surface area contributed by atoms with E-state index in [9.17, 15) is 4.79 Å². The highest BCUT2D eigenvalue weighted by Crippen LogP contribution is 2.19. The molecule has 0 radical (unpaired) electrons. The van der Waals surface area contributed by atoms with Crippen LogP contribution in [0.25, 0.3) is 0 Å². The van der Waals surface area contributed by atoms with Gasteiger partial charge in [0.1, 0.15) is 0 Å². The molecule has 1 aromatic heterocycles. The van der Waals surface area contributed by atoms with Gasteiger partial charge in [0.15, 0.2) is 5.92 Å². The predicted molar refractivity (Wildman–Crippen MR) is 55.8 cm³/mol. The third-order valence-corrected chi connectivity index (χ3v) is 1.95. The van der Waals surface area contributed by atoms with Crippen molar-refractivity contribution in [3.63, 3.8) is 0 Å². The smallest absolute Gasteiger partial charge is 0.327 e. The molecule has 0 spiro atoms. The summed E-state index contributed by atoms with van der Waals surface area (Å²) in [4.78, 5) is 15.4. The Morgan fingerprint density at radius 2 is 2.44 bits per heavy atom. The fraction of sp³-hybridized carbons (Fsp3) is 0.364. The standard InChI is InChI=1S/C11H12N2O3/c1-3-16-11(14)9(7-12)8-4-5-13-10(6-8)15-2/h4-6,9H,3H2,1-2H3. The van der Waals surface area contributed by atoms with Crippen LogP contribution < -0.4 is 4.74 Å². The number of nitrogens with zero attached hydrogens (tertiary/aromatic N) is 2. The highest BCUT2D eigenvalue weighted by atomic mass is 16.5. The van der Waals surface area contributed by atoms with Gasteiger partial charge < -0.3 is 9.47 Å². The van der Waals surface area contributed by atoms with Crippen LogP contribution in [0.4, 0.5) is 0 Å². The maximum Gasteiger partial charge on any atom is 0.327 e. The molecule has 0 aliphatic carbocycles. The van der Waals surface area contributed by atoms with Crippen molar-refractivity contribution in [2.45, 2.75) is 12.8 Å². The Bertz CT molecular complexity index is 412. The van der Waals surface area contributed by atoms with Gasteiger partial charge in [0.05, 0.1) is 19.8 Å². The number of methoxy groups -OCH3 is 1. The first-order valence-electron chi connectivity index (χ1n) is 4.79. The SMILES string of the molecule is CCOC(=O)C(C#N)c1ccnc(OC)c1. The van der Waals surface area contributed by atoms with Crippen LogP contribution in [0, 0.1) is 11.3 Å². The molecule has 0 aromatic carbocycles. The van der Waals surface area contributed by atoms with Crippen molar-refractivity contribution in [3.8, 4) is 11.9 Å². The molecule has 0 fully saturated rings. The predicted octanol–water partition coefficient (Wildman–Crippen LogP) is 1.26. The average Bonchev–Trinajstić information content (AvgIpc) is 2.31. The van der Waals surface area contributed by atoms with E-state index in [1.165, 1.54) is 13.3 Å². The van der Waals surface area contributed by atoms with E-state index < -0.39 is 11.9 Å². The molecule has 84 valence electrons. The van der Waals surface area contributed by atoms with Gasteiger partial charge in [-0.1, -0.05) is 0 Å². The fourth-order valence-electron chi connectivity index (χ4n) is 1.20. The minimum Gasteiger partial charge on any atom is -0.481 e. The lowest BCUT2D eigenvalue weighted by molar-refractivity contribution is -0.143. The fourth-order valence-corrected chi connectivity index (χ4v) is 1.20. The number of carbonyl (C=O) groups is 1. The van der Waals surface area contributed by atoms with E-state index in [4.69, 9.17) is 14.7 Å². The summed E-state index contributed by atoms with van der Waals surface area (Å²) in [5, 5.41) is 8.93. The van der Waals surface area contributed by atoms with Crippen LogP contribution in [0.15, 0.2) is 18.3 Å². The van der Waals surface area contributed by atoms with Crippen LogP contribution in [0.3, 0.4) is 0 Å². The van der Waals surface area contributed by atoms with Crippen molar-refractivity contribution < 1.29 is 14.3 Å². The number of hydrogen-bond donors (Lipinski definition) is 0. The van der Waals surface area contributed by atoms with Crippen molar-refractivity contribution in [2.75, 3.05) is 13.7 Å². The van der Waals surface area contributed by atoms with Gasteiger partial charge in [-0.15, -0.1) is 0 Å². The third kappa shape index (κ3) is 2.70. The van der Waals surface area contributed by atoms with Crippen LogP contribution in [-0.2, 0) is 9.53 Å². The Morgan fingerprint density at radius 1 is 1.69 bits per heavy atom. The maximum atomic E-state index is 11.5. The summed E-state index contributed by atoms with van der Waals surface area (Å²) in [5.41, 5.74) is 0.521. The lowest BCUT2D eigenvalue weighted by atomic mass is 10.0. The second kappa shape index (κ2) is 5.71. The molecule has 16 heavy (non-hydrogen) atoms. The summed E-state index contributed by atoms with van der Waals surface area (Å²) in [5.74, 6) is -1.13. The summed E-state index contributed by atoms with van der Waals surface area (Å²) in [7, 11) is 1.47. The van der Waals surface area contributed by atoms with Gasteiger partial charge in [-0.3, -0.25) is 4.79 Å². The van der Waals surface area contributed by atoms with Crippen LogP contribution in [0.1, 0.15) is 18.4 Å². The molecule has 5 nitrogen and oxygen atoms in total. The number of hydrogen-bond acceptors (Lipinski definition) is 5. The highest BCUT2D eigenvalue weighted by molar-refractivity contribution is 5.81. The molecule has 5 heteroatoms. The molecule has 1 heterocycles. The van der Waals surface area contributed by atoms with Crippen LogP contribution in [0.5, 0.6) is 5.88 Å². The van der Waals surface area contributed by atoms with Gasteiger partial charge in [-0.05, 0) is 18.6 Å². The minimum absolute atomic E-state index is 0.249. The molecule has 1 rings (SSSR count). The first kappa shape index (κ1) is 12.0. The lowest BCUT2D eigenvalue weighted by Crippen LogP contribution is -2.14. The van der Waals surface area contributed by atoms with Crippen LogP contribution in [0.2, 0.25) is 0 Å². The minimum atomic E-state index is -0.933. The summed E-state index contributed by atoms with van der Waals surface area (Å²) < 4.78 is 9.72. The van der Waals surface area contributed by atoms with E-state index in [0.29, 0.717) is 11.4 Å². The average molecular weight is 220 g/mol. The van der Waals surface area contributed by atoms with Crippen molar-refractivity contribution >= 4 is 5.97 Å². The van der Waals surface area contributed by atoms with E-state index in [1.807, 2.05) is 6.07 Å². The summed E-state index contributed by atoms with van der Waals surface area (Å²) in [6.07, 6.45) is 1.48. The Morgan fingerprint density at radius 3 is 3.00 bits per heavy atom. The van der Waals surface area contributed by atoms with Gasteiger partial charge in [-0.2, -0.15) is 5.26 Å². The molecule has 0 saturated carbocycles. The zero-order valence-corrected chi connectivity index (χ0v) is 9.14. The molecular weight excluding hydrogens is 208 g/mol. The van der Waals surface area contributed by atoms with Gasteiger partial charge in [0.2, 0.25) is 5.88 Å². The van der Waals surface area contributed by atoms with Gasteiger partial charge in [0.25, 0.3) is 0 Å². The molecule has 1 unspecified atom stereocenters. The number of ether oxygens (including phenoxy) is 2. The quantitative estimate of drug-likeness (QED) is 0.714. The molecule has 1 atom stereocenters. The molecule has 0 aliphatic heterocycles. The number of carbonyl (C=O) groups excluding carboxylic acids is 1. The molecule has 0 aliphatic rings. The monoisotopic (exact) mass is 220 g/mol.